The van der Waals surface area contributed by atoms with Crippen molar-refractivity contribution < 1.29 is 9.53 Å². The van der Waals surface area contributed by atoms with Crippen molar-refractivity contribution in [3.63, 3.8) is 0 Å². The number of imidazole rings is 1. The molecule has 4 aromatic rings. The van der Waals surface area contributed by atoms with Crippen LogP contribution in [0.4, 0.5) is 0 Å². The topological polar surface area (TPSA) is 59.4 Å². The van der Waals surface area contributed by atoms with E-state index in [0.29, 0.717) is 11.3 Å². The van der Waals surface area contributed by atoms with Crippen LogP contribution in [0.15, 0.2) is 73.2 Å². The van der Waals surface area contributed by atoms with Crippen LogP contribution in [0.3, 0.4) is 0 Å². The molecular weight excluding hydrogens is 424 g/mol. The van der Waals surface area contributed by atoms with Gasteiger partial charge in [-0.25, -0.2) is 4.98 Å². The van der Waals surface area contributed by atoms with Gasteiger partial charge < -0.3 is 14.6 Å². The Kier molecular flexibility index (Phi) is 6.32. The summed E-state index contributed by atoms with van der Waals surface area (Å²) < 4.78 is 7.47. The van der Waals surface area contributed by atoms with Gasteiger partial charge in [0.25, 0.3) is 5.91 Å². The largest absolute Gasteiger partial charge is 0.495 e. The molecule has 1 fully saturated rings. The zero-order chi connectivity index (χ0) is 23.5. The predicted octanol–water partition coefficient (Wildman–Crippen LogP) is 4.74. The number of carbonyl (C=O) groups excluding carboxylic acids is 1. The number of nitrogens with one attached hydrogen (secondary N) is 1. The monoisotopic (exact) mass is 454 g/mol. The minimum Gasteiger partial charge on any atom is -0.495 e. The molecule has 3 aromatic carbocycles. The van der Waals surface area contributed by atoms with Crippen molar-refractivity contribution in [1.82, 2.24) is 19.8 Å². The first-order chi connectivity index (χ1) is 16.6. The Labute approximate surface area is 200 Å². The van der Waals surface area contributed by atoms with Gasteiger partial charge in [-0.3, -0.25) is 9.69 Å². The molecule has 174 valence electrons. The number of fused-ring (bicyclic) bond motifs is 1. The standard InChI is InChI=1S/C28H30N4O2/c1-20-16-32(19-29-20)26-12-11-24(15-27(26)34-2)28(33)30-25-8-5-13-31(18-25)17-21-9-10-22-6-3-4-7-23(22)14-21/h3-4,6-7,9-12,14-16,19,25H,5,8,13,17-18H2,1-2H3,(H,30,33). The van der Waals surface area contributed by atoms with E-state index >= 15 is 0 Å². The zero-order valence-corrected chi connectivity index (χ0v) is 19.7. The number of likely N-dealkylation sites (tertiary alicyclic amines) is 1. The summed E-state index contributed by atoms with van der Waals surface area (Å²) in [7, 11) is 1.62. The van der Waals surface area contributed by atoms with Gasteiger partial charge in [0.2, 0.25) is 0 Å². The lowest BCUT2D eigenvalue weighted by molar-refractivity contribution is 0.0900. The lowest BCUT2D eigenvalue weighted by Crippen LogP contribution is -2.47. The van der Waals surface area contributed by atoms with Crippen LogP contribution in [0.5, 0.6) is 5.75 Å². The Morgan fingerprint density at radius 1 is 1.12 bits per heavy atom. The molecule has 1 aliphatic heterocycles. The van der Waals surface area contributed by atoms with Crippen LogP contribution < -0.4 is 10.1 Å². The minimum atomic E-state index is -0.0655. The van der Waals surface area contributed by atoms with E-state index in [4.69, 9.17) is 4.74 Å². The van der Waals surface area contributed by atoms with E-state index in [2.05, 4.69) is 57.7 Å². The van der Waals surface area contributed by atoms with Gasteiger partial charge in [-0.05, 0) is 66.9 Å². The summed E-state index contributed by atoms with van der Waals surface area (Å²) in [6, 6.07) is 20.8. The Morgan fingerprint density at radius 3 is 2.76 bits per heavy atom. The number of hydrogen-bond acceptors (Lipinski definition) is 4. The van der Waals surface area contributed by atoms with Gasteiger partial charge in [-0.1, -0.05) is 36.4 Å². The highest BCUT2D eigenvalue weighted by molar-refractivity contribution is 5.95. The van der Waals surface area contributed by atoms with Gasteiger partial charge in [-0.2, -0.15) is 0 Å². The van der Waals surface area contributed by atoms with Crippen molar-refractivity contribution in [2.24, 2.45) is 0 Å². The number of methoxy groups -OCH3 is 1. The molecule has 5 rings (SSSR count). The molecule has 1 aromatic heterocycles. The molecule has 0 radical (unpaired) electrons. The van der Waals surface area contributed by atoms with Gasteiger partial charge in [0.1, 0.15) is 5.75 Å². The normalized spacial score (nSPS) is 16.5. The second-order valence-corrected chi connectivity index (χ2v) is 9.04. The lowest BCUT2D eigenvalue weighted by atomic mass is 10.0. The zero-order valence-electron chi connectivity index (χ0n) is 19.7. The fourth-order valence-corrected chi connectivity index (χ4v) is 4.77. The summed E-state index contributed by atoms with van der Waals surface area (Å²) in [4.78, 5) is 19.8. The van der Waals surface area contributed by atoms with Crippen molar-refractivity contribution in [2.75, 3.05) is 20.2 Å². The van der Waals surface area contributed by atoms with Crippen molar-refractivity contribution in [3.05, 3.63) is 90.0 Å². The first-order valence-electron chi connectivity index (χ1n) is 11.8. The number of hydrogen-bond donors (Lipinski definition) is 1. The van der Waals surface area contributed by atoms with Gasteiger partial charge >= 0.3 is 0 Å². The van der Waals surface area contributed by atoms with Crippen molar-refractivity contribution >= 4 is 16.7 Å². The highest BCUT2D eigenvalue weighted by Gasteiger charge is 2.22. The summed E-state index contributed by atoms with van der Waals surface area (Å²) in [6.45, 7) is 4.73. The lowest BCUT2D eigenvalue weighted by Gasteiger charge is -2.33. The van der Waals surface area contributed by atoms with E-state index in [0.717, 1.165) is 43.9 Å². The molecule has 6 nitrogen and oxygen atoms in total. The maximum Gasteiger partial charge on any atom is 0.251 e. The Bertz CT molecular complexity index is 1310. The van der Waals surface area contributed by atoms with E-state index in [1.54, 1.807) is 19.5 Å². The average molecular weight is 455 g/mol. The smallest absolute Gasteiger partial charge is 0.251 e. The minimum absolute atomic E-state index is 0.0655. The summed E-state index contributed by atoms with van der Waals surface area (Å²) in [6.07, 6.45) is 5.74. The molecule has 1 amide bonds. The molecule has 34 heavy (non-hydrogen) atoms. The summed E-state index contributed by atoms with van der Waals surface area (Å²) in [5.41, 5.74) is 3.69. The Morgan fingerprint density at radius 2 is 1.97 bits per heavy atom. The van der Waals surface area contributed by atoms with Crippen LogP contribution in [0, 0.1) is 6.92 Å². The molecule has 1 saturated heterocycles. The first-order valence-corrected chi connectivity index (χ1v) is 11.8. The molecule has 1 N–H and O–H groups in total. The number of aromatic nitrogens is 2. The molecule has 0 saturated carbocycles. The van der Waals surface area contributed by atoms with E-state index in [-0.39, 0.29) is 11.9 Å². The van der Waals surface area contributed by atoms with Crippen molar-refractivity contribution in [1.29, 1.82) is 0 Å². The third kappa shape index (κ3) is 4.82. The van der Waals surface area contributed by atoms with E-state index in [1.165, 1.54) is 16.3 Å². The quantitative estimate of drug-likeness (QED) is 0.457. The summed E-state index contributed by atoms with van der Waals surface area (Å²) in [5, 5.41) is 5.77. The molecule has 1 unspecified atom stereocenters. The van der Waals surface area contributed by atoms with Crippen LogP contribution in [-0.4, -0.2) is 46.6 Å². The van der Waals surface area contributed by atoms with E-state index < -0.39 is 0 Å². The third-order valence-corrected chi connectivity index (χ3v) is 6.49. The maximum absolute atomic E-state index is 13.0. The van der Waals surface area contributed by atoms with Crippen LogP contribution in [0.1, 0.15) is 34.5 Å². The van der Waals surface area contributed by atoms with Crippen LogP contribution >= 0.6 is 0 Å². The number of piperidine rings is 1. The number of carbonyl (C=O) groups is 1. The number of benzene rings is 3. The molecule has 0 bridgehead atoms. The van der Waals surface area contributed by atoms with Gasteiger partial charge in [0, 0.05) is 30.9 Å². The van der Waals surface area contributed by atoms with Crippen molar-refractivity contribution in [2.45, 2.75) is 32.4 Å². The fraction of sp³-hybridized carbons (Fsp3) is 0.286. The third-order valence-electron chi connectivity index (χ3n) is 6.49. The average Bonchev–Trinajstić information content (AvgIpc) is 3.29. The molecule has 2 heterocycles. The van der Waals surface area contributed by atoms with E-state index in [9.17, 15) is 4.79 Å². The molecule has 6 heteroatoms. The second-order valence-electron chi connectivity index (χ2n) is 9.04. The van der Waals surface area contributed by atoms with Crippen LogP contribution in [-0.2, 0) is 6.54 Å². The predicted molar refractivity (Wildman–Crippen MR) is 135 cm³/mol. The summed E-state index contributed by atoms with van der Waals surface area (Å²) >= 11 is 0. The molecule has 0 spiro atoms. The fourth-order valence-electron chi connectivity index (χ4n) is 4.77. The Balaban J connectivity index is 1.24. The number of rotatable bonds is 6. The van der Waals surface area contributed by atoms with Gasteiger partial charge in [0.05, 0.1) is 24.8 Å². The molecule has 1 atom stereocenters. The molecule has 1 aliphatic rings. The van der Waals surface area contributed by atoms with Gasteiger partial charge in [-0.15, -0.1) is 0 Å². The van der Waals surface area contributed by atoms with Crippen LogP contribution in [0.25, 0.3) is 16.5 Å². The number of nitrogens with zero attached hydrogens (tertiary/aromatic N) is 3. The highest BCUT2D eigenvalue weighted by atomic mass is 16.5. The molecular formula is C28H30N4O2. The molecule has 0 aliphatic carbocycles. The maximum atomic E-state index is 13.0. The van der Waals surface area contributed by atoms with Crippen LogP contribution in [0.2, 0.25) is 0 Å². The second kappa shape index (κ2) is 9.69. The number of amides is 1. The number of ether oxygens (including phenoxy) is 1. The number of aryl methyl sites for hydroxylation is 1. The van der Waals surface area contributed by atoms with Gasteiger partial charge in [0.15, 0.2) is 0 Å². The SMILES string of the molecule is COc1cc(C(=O)NC2CCCN(Cc3ccc4ccccc4c3)C2)ccc1-n1cnc(C)c1. The summed E-state index contributed by atoms with van der Waals surface area (Å²) in [5.74, 6) is 0.579. The Hall–Kier alpha value is -3.64. The van der Waals surface area contributed by atoms with Crippen molar-refractivity contribution in [3.8, 4) is 11.4 Å². The highest BCUT2D eigenvalue weighted by Crippen LogP contribution is 2.25. The van der Waals surface area contributed by atoms with E-state index in [1.807, 2.05) is 29.8 Å². The first kappa shape index (κ1) is 22.2.